The molecule has 8 heterocycles. The fraction of sp³-hybridized carbons (Fsp3) is 0.944. The average Bonchev–Trinajstić information content (AvgIpc) is 0.770. The molecule has 0 saturated carbocycles. The minimum atomic E-state index is -2.49. The Hall–Kier alpha value is -3.11. The van der Waals surface area contributed by atoms with Gasteiger partial charge in [-0.25, -0.2) is 0 Å². The topological polar surface area (TPSA) is 691 Å². The minimum absolute atomic E-state index is 0.764. The molecule has 8 aliphatic heterocycles. The monoisotopic (exact) mass is 1440 g/mol. The highest BCUT2D eigenvalue weighted by molar-refractivity contribution is 5.74. The number of aliphatic hydroxyl groups excluding tert-OH is 23. The smallest absolute Gasteiger partial charge is 0.217 e. The Morgan fingerprint density at radius 1 is 0.265 bits per heavy atom. The van der Waals surface area contributed by atoms with E-state index >= 15 is 0 Å². The normalized spacial score (nSPS) is 49.5. The van der Waals surface area contributed by atoms with Crippen molar-refractivity contribution in [2.45, 2.75) is 266 Å². The number of rotatable bonds is 25. The second-order valence-electron chi connectivity index (χ2n) is 24.7. The number of carbonyl (C=O) groups excluding carboxylic acids is 3. The summed E-state index contributed by atoms with van der Waals surface area (Å²) >= 11 is 0. The summed E-state index contributed by atoms with van der Waals surface area (Å²) in [6, 6.07) is -5.38. The van der Waals surface area contributed by atoms with E-state index < -0.39 is 316 Å². The van der Waals surface area contributed by atoms with E-state index in [0.717, 1.165) is 20.8 Å². The molecule has 26 N–H and O–H groups in total. The van der Waals surface area contributed by atoms with Crippen LogP contribution in [0.15, 0.2) is 0 Å². The molecule has 568 valence electrons. The Labute approximate surface area is 554 Å². The third-order valence-corrected chi connectivity index (χ3v) is 17.8. The Bertz CT molecular complexity index is 2510. The molecule has 0 spiro atoms. The third kappa shape index (κ3) is 17.6. The number of nitrogens with one attached hydrogen (secondary N) is 3. The van der Waals surface area contributed by atoms with Crippen molar-refractivity contribution in [1.29, 1.82) is 0 Å². The number of aliphatic hydroxyl groups is 23. The molecule has 8 rings (SSSR count). The van der Waals surface area contributed by atoms with E-state index in [2.05, 4.69) is 16.0 Å². The second-order valence-corrected chi connectivity index (χ2v) is 24.7. The van der Waals surface area contributed by atoms with E-state index in [1.54, 1.807) is 0 Å². The first-order chi connectivity index (χ1) is 46.3. The van der Waals surface area contributed by atoms with Crippen molar-refractivity contribution in [3.8, 4) is 0 Å². The van der Waals surface area contributed by atoms with Crippen LogP contribution in [0.3, 0.4) is 0 Å². The number of amides is 3. The van der Waals surface area contributed by atoms with Crippen LogP contribution in [0.4, 0.5) is 0 Å². The molecule has 0 aromatic heterocycles. The predicted octanol–water partition coefficient (Wildman–Crippen LogP) is -18.0. The number of ether oxygens (including phenoxy) is 15. The van der Waals surface area contributed by atoms with E-state index in [9.17, 15) is 132 Å². The summed E-state index contributed by atoms with van der Waals surface area (Å²) in [4.78, 5) is 37.7. The summed E-state index contributed by atoms with van der Waals surface area (Å²) < 4.78 is 87.1. The van der Waals surface area contributed by atoms with Gasteiger partial charge in [0.05, 0.1) is 52.9 Å². The van der Waals surface area contributed by atoms with Gasteiger partial charge in [-0.2, -0.15) is 0 Å². The molecule has 0 aliphatic carbocycles. The van der Waals surface area contributed by atoms with E-state index in [4.69, 9.17) is 71.1 Å². The molecule has 0 unspecified atom stereocenters. The molecule has 8 aliphatic rings. The summed E-state index contributed by atoms with van der Waals surface area (Å²) in [6.45, 7) is -5.16. The molecule has 98 heavy (non-hydrogen) atoms. The van der Waals surface area contributed by atoms with Gasteiger partial charge in [0.15, 0.2) is 50.3 Å². The fourth-order valence-corrected chi connectivity index (χ4v) is 12.5. The Balaban J connectivity index is 1.10. The van der Waals surface area contributed by atoms with Gasteiger partial charge in [-0.3, -0.25) is 14.4 Å². The quantitative estimate of drug-likeness (QED) is 0.0404. The van der Waals surface area contributed by atoms with Crippen molar-refractivity contribution >= 4 is 17.7 Å². The van der Waals surface area contributed by atoms with Gasteiger partial charge >= 0.3 is 0 Å². The lowest BCUT2D eigenvalue weighted by molar-refractivity contribution is -0.397. The summed E-state index contributed by atoms with van der Waals surface area (Å²) in [6.07, 6.45) is -74.6. The predicted molar refractivity (Wildman–Crippen MR) is 299 cm³/mol. The first-order valence-electron chi connectivity index (χ1n) is 31.1. The van der Waals surface area contributed by atoms with Crippen LogP contribution in [-0.2, 0) is 85.4 Å². The zero-order chi connectivity index (χ0) is 72.2. The van der Waals surface area contributed by atoms with Crippen LogP contribution in [0.1, 0.15) is 20.8 Å². The Morgan fingerprint density at radius 3 is 0.980 bits per heavy atom. The standard InChI is InChI=1S/C54H91N3O41/c1-12(64)55-23-31(72)42(18(7-61)86-47(23)83)94-48-24(56-13(2)65)32(73)44(20(9-63)90-48)96-53-41(82)45(30(71)22(93-53)11-85-51-39(80)36(77)29(70)21(92-51)10-84-50-38(79)34(75)26(67)15(4-58)87-50)97-54-46(37(78)28(69)17(6-60)89-54)98-49-25(57-14(3)66)33(74)43(19(8-62)91-49)95-52-40(81)35(76)27(68)16(5-59)88-52/h15-54,58-63,67-83H,4-11H2,1-3H3,(H,55,64)(H,56,65)(H,57,66)/t15-,16-,17-,18-,19-,20-,21-,22-,23-,24-,25-,26-,27+,28-,29-,30-,31-,32-,33-,34+,35+,36+,37+,38+,39+,40-,41+,42-,43-,44-,45+,46+,47-,48+,49+,50+,51+,52+,53+,54-/m1/s1. The summed E-state index contributed by atoms with van der Waals surface area (Å²) in [5, 5.41) is 258. The lowest BCUT2D eigenvalue weighted by atomic mass is 9.93. The lowest BCUT2D eigenvalue weighted by Gasteiger charge is -2.51. The maximum absolute atomic E-state index is 12.8. The number of hydrogen-bond donors (Lipinski definition) is 26. The zero-order valence-electron chi connectivity index (χ0n) is 52.4. The zero-order valence-corrected chi connectivity index (χ0v) is 52.4. The van der Waals surface area contributed by atoms with Crippen molar-refractivity contribution in [2.75, 3.05) is 52.9 Å². The van der Waals surface area contributed by atoms with E-state index in [1.165, 1.54) is 0 Å². The van der Waals surface area contributed by atoms with Gasteiger partial charge in [-0.1, -0.05) is 0 Å². The molecule has 0 radical (unpaired) electrons. The largest absolute Gasteiger partial charge is 0.394 e. The molecule has 3 amide bonds. The maximum atomic E-state index is 12.8. The van der Waals surface area contributed by atoms with Gasteiger partial charge < -0.3 is 204 Å². The van der Waals surface area contributed by atoms with Crippen LogP contribution in [0.5, 0.6) is 0 Å². The van der Waals surface area contributed by atoms with E-state index in [0.29, 0.717) is 0 Å². The highest BCUT2D eigenvalue weighted by Gasteiger charge is 2.60. The molecule has 8 saturated heterocycles. The summed E-state index contributed by atoms with van der Waals surface area (Å²) in [5.41, 5.74) is 0. The molecule has 0 aromatic rings. The molecular formula is C54H91N3O41. The van der Waals surface area contributed by atoms with Gasteiger partial charge in [0.1, 0.15) is 195 Å². The second kappa shape index (κ2) is 35.1. The lowest BCUT2D eigenvalue weighted by Crippen LogP contribution is -2.71. The number of carbonyl (C=O) groups is 3. The Kier molecular flexibility index (Phi) is 28.9. The van der Waals surface area contributed by atoms with Crippen LogP contribution in [0.25, 0.3) is 0 Å². The average molecular weight is 1440 g/mol. The maximum Gasteiger partial charge on any atom is 0.217 e. The van der Waals surface area contributed by atoms with Crippen LogP contribution >= 0.6 is 0 Å². The molecule has 44 nitrogen and oxygen atoms in total. The van der Waals surface area contributed by atoms with Gasteiger partial charge in [0.25, 0.3) is 0 Å². The summed E-state index contributed by atoms with van der Waals surface area (Å²) in [7, 11) is 0. The first-order valence-corrected chi connectivity index (χ1v) is 31.1. The molecular weight excluding hydrogens is 1350 g/mol. The Morgan fingerprint density at radius 2 is 0.551 bits per heavy atom. The minimum Gasteiger partial charge on any atom is -0.394 e. The van der Waals surface area contributed by atoms with Gasteiger partial charge in [0, 0.05) is 20.8 Å². The summed E-state index contributed by atoms with van der Waals surface area (Å²) in [5.74, 6) is -2.60. The molecule has 40 atom stereocenters. The van der Waals surface area contributed by atoms with E-state index in [-0.39, 0.29) is 0 Å². The highest BCUT2D eigenvalue weighted by atomic mass is 16.8. The SMILES string of the molecule is CC(=O)N[C@@H]1[C@@H](O)[C@H](O[C@@H]2O[C@H](CO)[C@@H](O[C@@H]3O[C@H](CO[C@H]4O[C@H](CO[C@H]5O[C@H](CO)[C@@H](O)[C@H](O)[C@@H]5O)[C@@H](O)[C@H](O)[C@@H]4O)[C@@H](O)[C@H](O[C@H]4O[C@H](CO)[C@@H](O)[C@H](O)[C@@H]4O[C@@H]4O[C@H](CO)[C@@H](O[C@@H]5O[C@H](CO)[C@H](O)[C@H](O)[C@H]5O)[C@H](O)[C@H]4NC(C)=O)[C@@H]3O)[C@H](O)[C@H]2NC(C)=O)[C@@H](CO)O[C@H]1O. The van der Waals surface area contributed by atoms with Crippen LogP contribution in [-0.4, -0.2) is 433 Å². The van der Waals surface area contributed by atoms with Gasteiger partial charge in [-0.15, -0.1) is 0 Å². The van der Waals surface area contributed by atoms with Crippen molar-refractivity contribution < 1.29 is 203 Å². The van der Waals surface area contributed by atoms with Crippen molar-refractivity contribution in [1.82, 2.24) is 16.0 Å². The first kappa shape index (κ1) is 80.6. The molecule has 0 aromatic carbocycles. The molecule has 44 heteroatoms. The fourth-order valence-electron chi connectivity index (χ4n) is 12.5. The van der Waals surface area contributed by atoms with Crippen molar-refractivity contribution in [3.63, 3.8) is 0 Å². The van der Waals surface area contributed by atoms with Crippen molar-refractivity contribution in [2.24, 2.45) is 0 Å². The van der Waals surface area contributed by atoms with Crippen molar-refractivity contribution in [3.05, 3.63) is 0 Å². The molecule has 8 fully saturated rings. The van der Waals surface area contributed by atoms with E-state index in [1.807, 2.05) is 0 Å². The van der Waals surface area contributed by atoms with Crippen LogP contribution in [0.2, 0.25) is 0 Å². The highest BCUT2D eigenvalue weighted by Crippen LogP contribution is 2.38. The third-order valence-electron chi connectivity index (χ3n) is 17.8. The van der Waals surface area contributed by atoms with Crippen LogP contribution < -0.4 is 16.0 Å². The number of hydrogen-bond acceptors (Lipinski definition) is 41. The van der Waals surface area contributed by atoms with Gasteiger partial charge in [0.2, 0.25) is 17.7 Å². The van der Waals surface area contributed by atoms with Crippen LogP contribution in [0, 0.1) is 0 Å². The molecule has 0 bridgehead atoms. The van der Waals surface area contributed by atoms with Gasteiger partial charge in [-0.05, 0) is 0 Å².